The lowest BCUT2D eigenvalue weighted by Gasteiger charge is -2.00. The minimum atomic E-state index is 0.434. The van der Waals surface area contributed by atoms with E-state index in [1.807, 2.05) is 0 Å². The molecule has 0 aliphatic carbocycles. The Balaban J connectivity index is 2.60. The molecule has 0 unspecified atom stereocenters. The Hall–Kier alpha value is -0.120. The van der Waals surface area contributed by atoms with Crippen LogP contribution in [0.5, 0.6) is 0 Å². The van der Waals surface area contributed by atoms with Crippen LogP contribution in [0.15, 0.2) is 0 Å². The molecule has 0 amide bonds. The van der Waals surface area contributed by atoms with E-state index in [0.717, 1.165) is 0 Å². The fourth-order valence-electron chi connectivity index (χ4n) is 0.351. The summed E-state index contributed by atoms with van der Waals surface area (Å²) in [5.41, 5.74) is 0. The normalized spacial score (nSPS) is 10.0. The first kappa shape index (κ1) is 8.88. The standard InChI is InChI=1S/C6H12O3/c1-7-3-5-9-6-4-8-2/h1H,3-6H2,2H3. The second-order valence-electron chi connectivity index (χ2n) is 1.48. The fraction of sp³-hybridized carbons (Fsp3) is 0.833. The van der Waals surface area contributed by atoms with E-state index in [9.17, 15) is 0 Å². The molecule has 0 fully saturated rings. The smallest absolute Gasteiger partial charge is 0.115 e. The first-order chi connectivity index (χ1) is 4.41. The zero-order valence-corrected chi connectivity index (χ0v) is 5.63. The minimum Gasteiger partial charge on any atom is -0.382 e. The summed E-state index contributed by atoms with van der Waals surface area (Å²) in [6, 6.07) is 0. The Bertz CT molecular complexity index is 41.6. The lowest BCUT2D eigenvalue weighted by atomic mass is 10.7. The van der Waals surface area contributed by atoms with Gasteiger partial charge in [-0.05, 0) is 0 Å². The summed E-state index contributed by atoms with van der Waals surface area (Å²) >= 11 is 0. The molecule has 9 heavy (non-hydrogen) atoms. The number of rotatable bonds is 6. The molecule has 0 N–H and O–H groups in total. The van der Waals surface area contributed by atoms with Gasteiger partial charge in [-0.25, -0.2) is 0 Å². The molecular formula is C6H12O3. The van der Waals surface area contributed by atoms with Crippen LogP contribution >= 0.6 is 0 Å². The van der Waals surface area contributed by atoms with Gasteiger partial charge in [0.25, 0.3) is 0 Å². The van der Waals surface area contributed by atoms with E-state index >= 15 is 0 Å². The van der Waals surface area contributed by atoms with E-state index < -0.39 is 0 Å². The summed E-state index contributed by atoms with van der Waals surface area (Å²) in [6.45, 7) is 2.17. The molecule has 0 atom stereocenters. The monoisotopic (exact) mass is 132 g/mol. The Morgan fingerprint density at radius 1 is 1.11 bits per heavy atom. The van der Waals surface area contributed by atoms with Crippen LogP contribution in [0.3, 0.4) is 0 Å². The highest BCUT2D eigenvalue weighted by atomic mass is 16.5. The first-order valence-electron chi connectivity index (χ1n) is 2.80. The van der Waals surface area contributed by atoms with Crippen LogP contribution < -0.4 is 0 Å². The van der Waals surface area contributed by atoms with Crippen LogP contribution in [0.2, 0.25) is 0 Å². The van der Waals surface area contributed by atoms with Crippen molar-refractivity contribution in [3.63, 3.8) is 0 Å². The maximum atomic E-state index is 4.98. The van der Waals surface area contributed by atoms with Crippen LogP contribution in [0.4, 0.5) is 0 Å². The topological polar surface area (TPSA) is 27.7 Å². The summed E-state index contributed by atoms with van der Waals surface area (Å²) in [6.07, 6.45) is 0. The van der Waals surface area contributed by atoms with Crippen molar-refractivity contribution in [1.82, 2.24) is 0 Å². The van der Waals surface area contributed by atoms with Crippen LogP contribution in [-0.2, 0) is 14.2 Å². The van der Waals surface area contributed by atoms with Crippen molar-refractivity contribution in [3.8, 4) is 0 Å². The summed E-state index contributed by atoms with van der Waals surface area (Å²) in [7, 11) is 6.36. The predicted molar refractivity (Wildman–Crippen MR) is 32.9 cm³/mol. The van der Waals surface area contributed by atoms with E-state index in [1.54, 1.807) is 7.11 Å². The summed E-state index contributed by atoms with van der Waals surface area (Å²) < 4.78 is 14.0. The van der Waals surface area contributed by atoms with Gasteiger partial charge in [0.15, 0.2) is 0 Å². The highest BCUT2D eigenvalue weighted by Crippen LogP contribution is 1.76. The van der Waals surface area contributed by atoms with Crippen molar-refractivity contribution < 1.29 is 14.2 Å². The van der Waals surface area contributed by atoms with Gasteiger partial charge in [-0.2, -0.15) is 0 Å². The van der Waals surface area contributed by atoms with Gasteiger partial charge in [0.1, 0.15) is 7.11 Å². The Labute approximate surface area is 55.9 Å². The quantitative estimate of drug-likeness (QED) is 0.487. The van der Waals surface area contributed by atoms with Crippen molar-refractivity contribution >= 4 is 0 Å². The number of methoxy groups -OCH3 is 1. The van der Waals surface area contributed by atoms with E-state index in [2.05, 4.69) is 4.74 Å². The highest BCUT2D eigenvalue weighted by Gasteiger charge is 1.84. The average Bonchev–Trinajstić information content (AvgIpc) is 1.89. The molecule has 0 aromatic rings. The summed E-state index contributed by atoms with van der Waals surface area (Å²) in [5, 5.41) is 0. The Morgan fingerprint density at radius 3 is 2.33 bits per heavy atom. The van der Waals surface area contributed by atoms with Crippen molar-refractivity contribution in [2.45, 2.75) is 0 Å². The molecular weight excluding hydrogens is 120 g/mol. The van der Waals surface area contributed by atoms with Crippen LogP contribution in [-0.4, -0.2) is 33.5 Å². The molecule has 0 aliphatic heterocycles. The molecule has 0 aromatic carbocycles. The lowest BCUT2D eigenvalue weighted by molar-refractivity contribution is 0.0453. The average molecular weight is 132 g/mol. The SMILES string of the molecule is [CH]OCCOCCOC. The molecule has 0 bridgehead atoms. The molecule has 0 saturated carbocycles. The third-order valence-electron chi connectivity index (χ3n) is 0.777. The van der Waals surface area contributed by atoms with E-state index in [-0.39, 0.29) is 0 Å². The van der Waals surface area contributed by atoms with Gasteiger partial charge in [-0.15, -0.1) is 0 Å². The first-order valence-corrected chi connectivity index (χ1v) is 2.80. The fourth-order valence-corrected chi connectivity index (χ4v) is 0.351. The second kappa shape index (κ2) is 7.88. The maximum absolute atomic E-state index is 4.98. The van der Waals surface area contributed by atoms with E-state index in [1.165, 1.54) is 0 Å². The lowest BCUT2D eigenvalue weighted by Crippen LogP contribution is -2.06. The molecule has 0 saturated heterocycles. The van der Waals surface area contributed by atoms with Gasteiger partial charge in [0, 0.05) is 7.11 Å². The summed E-state index contributed by atoms with van der Waals surface area (Å²) in [5.74, 6) is 0. The molecule has 0 rings (SSSR count). The van der Waals surface area contributed by atoms with Crippen molar-refractivity contribution in [3.05, 3.63) is 7.11 Å². The molecule has 0 spiro atoms. The van der Waals surface area contributed by atoms with E-state index in [4.69, 9.17) is 16.6 Å². The molecule has 3 nitrogen and oxygen atoms in total. The summed E-state index contributed by atoms with van der Waals surface area (Å²) in [4.78, 5) is 0. The van der Waals surface area contributed by atoms with Crippen LogP contribution in [0.1, 0.15) is 0 Å². The van der Waals surface area contributed by atoms with Crippen LogP contribution in [0.25, 0.3) is 0 Å². The highest BCUT2D eigenvalue weighted by molar-refractivity contribution is 4.29. The zero-order chi connectivity index (χ0) is 6.95. The Kier molecular flexibility index (Phi) is 7.77. The van der Waals surface area contributed by atoms with Gasteiger partial charge in [0.2, 0.25) is 0 Å². The maximum Gasteiger partial charge on any atom is 0.115 e. The van der Waals surface area contributed by atoms with Gasteiger partial charge >= 0.3 is 0 Å². The largest absolute Gasteiger partial charge is 0.382 e. The van der Waals surface area contributed by atoms with E-state index in [0.29, 0.717) is 26.4 Å². The van der Waals surface area contributed by atoms with Crippen molar-refractivity contribution in [2.24, 2.45) is 0 Å². The van der Waals surface area contributed by atoms with Crippen molar-refractivity contribution in [2.75, 3.05) is 33.5 Å². The third kappa shape index (κ3) is 7.88. The number of ether oxygens (including phenoxy) is 3. The Morgan fingerprint density at radius 2 is 1.78 bits per heavy atom. The molecule has 0 aliphatic rings. The van der Waals surface area contributed by atoms with Gasteiger partial charge in [-0.1, -0.05) is 0 Å². The van der Waals surface area contributed by atoms with Gasteiger partial charge in [-0.3, -0.25) is 0 Å². The van der Waals surface area contributed by atoms with Crippen molar-refractivity contribution in [1.29, 1.82) is 0 Å². The molecule has 54 valence electrons. The number of hydrogen-bond donors (Lipinski definition) is 0. The second-order valence-corrected chi connectivity index (χ2v) is 1.48. The van der Waals surface area contributed by atoms with Crippen LogP contribution in [0, 0.1) is 7.11 Å². The molecule has 2 radical (unpaired) electrons. The molecule has 0 heterocycles. The zero-order valence-electron chi connectivity index (χ0n) is 5.63. The third-order valence-corrected chi connectivity index (χ3v) is 0.777. The predicted octanol–water partition coefficient (Wildman–Crippen LogP) is 0.335. The minimum absolute atomic E-state index is 0.434. The number of hydrogen-bond acceptors (Lipinski definition) is 3. The molecule has 3 heteroatoms. The van der Waals surface area contributed by atoms with Gasteiger partial charge in [0.05, 0.1) is 26.4 Å². The molecule has 0 aromatic heterocycles. The van der Waals surface area contributed by atoms with Gasteiger partial charge < -0.3 is 14.2 Å².